The maximum absolute atomic E-state index is 12.3. The number of carbonyl (C=O) groups is 2. The van der Waals surface area contributed by atoms with Gasteiger partial charge in [0.05, 0.1) is 4.92 Å². The van der Waals surface area contributed by atoms with Crippen LogP contribution in [-0.2, 0) is 20.9 Å². The molecule has 0 unspecified atom stereocenters. The largest absolute Gasteiger partial charge is 0.480 e. The van der Waals surface area contributed by atoms with E-state index in [1.165, 1.54) is 30.2 Å². The van der Waals surface area contributed by atoms with E-state index >= 15 is 0 Å². The first-order valence-corrected chi connectivity index (χ1v) is 15.9. The summed E-state index contributed by atoms with van der Waals surface area (Å²) < 4.78 is 5.24. The monoisotopic (exact) mass is 604 g/mol. The van der Waals surface area contributed by atoms with Gasteiger partial charge in [-0.05, 0) is 67.4 Å². The molecule has 1 saturated carbocycles. The van der Waals surface area contributed by atoms with Crippen molar-refractivity contribution in [1.29, 1.82) is 0 Å². The summed E-state index contributed by atoms with van der Waals surface area (Å²) in [6.45, 7) is 5.21. The van der Waals surface area contributed by atoms with Gasteiger partial charge in [0.2, 0.25) is 0 Å². The summed E-state index contributed by atoms with van der Waals surface area (Å²) in [5, 5.41) is 24.4. The number of likely N-dealkylation sites (tertiary alicyclic amines) is 2. The van der Waals surface area contributed by atoms with Gasteiger partial charge in [-0.3, -0.25) is 19.8 Å². The summed E-state index contributed by atoms with van der Waals surface area (Å²) in [4.78, 5) is 39.4. The van der Waals surface area contributed by atoms with E-state index in [9.17, 15) is 24.8 Å². The fraction of sp³-hybridized carbons (Fsp3) is 0.529. The first-order chi connectivity index (χ1) is 21.4. The first-order valence-electron chi connectivity index (χ1n) is 15.9. The molecule has 5 rings (SSSR count). The number of benzene rings is 2. The summed E-state index contributed by atoms with van der Waals surface area (Å²) in [6.07, 6.45) is 9.54. The number of ether oxygens (including phenoxy) is 1. The molecule has 10 nitrogen and oxygen atoms in total. The molecule has 0 bridgehead atoms. The van der Waals surface area contributed by atoms with Gasteiger partial charge >= 0.3 is 11.9 Å². The lowest BCUT2D eigenvalue weighted by molar-refractivity contribution is -0.384. The van der Waals surface area contributed by atoms with Crippen LogP contribution in [0, 0.1) is 22.0 Å². The second-order valence-electron chi connectivity index (χ2n) is 12.5. The Kier molecular flexibility index (Phi) is 11.1. The van der Waals surface area contributed by atoms with E-state index in [2.05, 4.69) is 39.4 Å². The molecular weight excluding hydrogens is 560 g/mol. The maximum atomic E-state index is 12.3. The molecule has 0 spiro atoms. The van der Waals surface area contributed by atoms with Crippen LogP contribution in [0.2, 0.25) is 0 Å². The minimum absolute atomic E-state index is 0.00164. The minimum atomic E-state index is -0.678. The van der Waals surface area contributed by atoms with Crippen molar-refractivity contribution in [1.82, 2.24) is 15.1 Å². The SMILES string of the molecule is O=C(C=CCNC1CCN(C[C@H]2CN([C@@H](CC3CCC3)C(=O)O)C[C@@H]2c2ccccc2)CC1)OCc1ccc([N+](=O)[O-])cc1. The lowest BCUT2D eigenvalue weighted by atomic mass is 9.80. The molecule has 0 radical (unpaired) electrons. The lowest BCUT2D eigenvalue weighted by Gasteiger charge is -2.35. The van der Waals surface area contributed by atoms with E-state index in [-0.39, 0.29) is 18.3 Å². The number of esters is 1. The molecule has 2 aromatic rings. The topological polar surface area (TPSA) is 125 Å². The third-order valence-corrected chi connectivity index (χ3v) is 9.59. The van der Waals surface area contributed by atoms with Gasteiger partial charge in [-0.25, -0.2) is 4.79 Å². The summed E-state index contributed by atoms with van der Waals surface area (Å²) in [5.41, 5.74) is 2.00. The van der Waals surface area contributed by atoms with Crippen molar-refractivity contribution in [3.63, 3.8) is 0 Å². The van der Waals surface area contributed by atoms with Gasteiger partial charge in [0, 0.05) is 56.3 Å². The zero-order valence-electron chi connectivity index (χ0n) is 25.3. The molecule has 2 N–H and O–H groups in total. The highest BCUT2D eigenvalue weighted by Crippen LogP contribution is 2.38. The van der Waals surface area contributed by atoms with E-state index in [0.717, 1.165) is 64.8 Å². The van der Waals surface area contributed by atoms with Crippen LogP contribution in [0.5, 0.6) is 0 Å². The van der Waals surface area contributed by atoms with Crippen LogP contribution in [-0.4, -0.2) is 83.1 Å². The quantitative estimate of drug-likeness (QED) is 0.138. The first kappa shape index (κ1) is 31.8. The van der Waals surface area contributed by atoms with E-state index in [4.69, 9.17) is 4.74 Å². The van der Waals surface area contributed by atoms with Crippen LogP contribution in [0.4, 0.5) is 5.69 Å². The predicted octanol–water partition coefficient (Wildman–Crippen LogP) is 4.61. The lowest BCUT2D eigenvalue weighted by Crippen LogP contribution is -2.45. The normalized spacial score (nSPS) is 22.5. The molecule has 2 aromatic carbocycles. The van der Waals surface area contributed by atoms with Crippen molar-refractivity contribution in [2.75, 3.05) is 39.3 Å². The number of non-ortho nitro benzene ring substituents is 1. The van der Waals surface area contributed by atoms with Crippen LogP contribution < -0.4 is 5.32 Å². The molecule has 2 aliphatic heterocycles. The Morgan fingerprint density at radius 3 is 2.41 bits per heavy atom. The Labute approximate surface area is 259 Å². The van der Waals surface area contributed by atoms with Gasteiger partial charge in [0.1, 0.15) is 12.6 Å². The summed E-state index contributed by atoms with van der Waals surface area (Å²) >= 11 is 0. The standard InChI is InChI=1S/C34H44N4O6/c39-33(44-24-26-11-13-30(14-12-26)38(42)43)10-5-17-35-29-15-18-36(19-16-29)21-28-22-37(23-31(28)27-8-2-1-3-9-27)32(34(40)41)20-25-6-4-7-25/h1-3,5,8-14,25,28-29,31-32,35H,4,6-7,15-24H2,(H,40,41)/t28-,31+,32-/m0/s1. The number of hydrogen-bond donors (Lipinski definition) is 2. The minimum Gasteiger partial charge on any atom is -0.480 e. The van der Waals surface area contributed by atoms with Gasteiger partial charge in [-0.1, -0.05) is 55.7 Å². The molecule has 236 valence electrons. The highest BCUT2D eigenvalue weighted by atomic mass is 16.6. The van der Waals surface area contributed by atoms with Crippen molar-refractivity contribution in [3.05, 3.63) is 88.0 Å². The van der Waals surface area contributed by atoms with E-state index in [0.29, 0.717) is 35.9 Å². The molecule has 0 aromatic heterocycles. The molecule has 44 heavy (non-hydrogen) atoms. The smallest absolute Gasteiger partial charge is 0.330 e. The number of nitrogens with one attached hydrogen (secondary N) is 1. The molecule has 0 amide bonds. The van der Waals surface area contributed by atoms with Crippen LogP contribution in [0.25, 0.3) is 0 Å². The highest BCUT2D eigenvalue weighted by Gasteiger charge is 2.41. The van der Waals surface area contributed by atoms with Crippen molar-refractivity contribution < 1.29 is 24.4 Å². The number of aliphatic carboxylic acids is 1. The number of piperidine rings is 1. The van der Waals surface area contributed by atoms with Crippen LogP contribution in [0.15, 0.2) is 66.7 Å². The number of carboxylic acid groups (broad SMARTS) is 1. The van der Waals surface area contributed by atoms with Crippen molar-refractivity contribution in [2.45, 2.75) is 63.1 Å². The van der Waals surface area contributed by atoms with E-state index < -0.39 is 16.9 Å². The number of carboxylic acids is 1. The van der Waals surface area contributed by atoms with Gasteiger partial charge < -0.3 is 20.1 Å². The van der Waals surface area contributed by atoms with E-state index in [1.54, 1.807) is 18.2 Å². The zero-order chi connectivity index (χ0) is 30.9. The fourth-order valence-electron chi connectivity index (χ4n) is 6.83. The number of hydrogen-bond acceptors (Lipinski definition) is 8. The van der Waals surface area contributed by atoms with Gasteiger partial charge in [0.15, 0.2) is 0 Å². The second-order valence-corrected chi connectivity index (χ2v) is 12.5. The second kappa shape index (κ2) is 15.4. The summed E-state index contributed by atoms with van der Waals surface area (Å²) in [5.74, 6) is 0.157. The number of carbonyl (C=O) groups excluding carboxylic acids is 1. The third-order valence-electron chi connectivity index (χ3n) is 9.59. The van der Waals surface area contributed by atoms with Crippen molar-refractivity contribution >= 4 is 17.6 Å². The average Bonchev–Trinajstić information content (AvgIpc) is 3.42. The average molecular weight is 605 g/mol. The Bertz CT molecular complexity index is 1270. The zero-order valence-corrected chi connectivity index (χ0v) is 25.3. The molecular formula is C34H44N4O6. The van der Waals surface area contributed by atoms with Crippen LogP contribution >= 0.6 is 0 Å². The molecule has 3 atom stereocenters. The fourth-order valence-corrected chi connectivity index (χ4v) is 6.83. The number of nitro groups is 1. The number of nitrogens with zero attached hydrogens (tertiary/aromatic N) is 3. The van der Waals surface area contributed by atoms with E-state index in [1.807, 2.05) is 6.07 Å². The number of nitro benzene ring substituents is 1. The molecule has 3 fully saturated rings. The van der Waals surface area contributed by atoms with Gasteiger partial charge in [-0.15, -0.1) is 0 Å². The van der Waals surface area contributed by atoms with Crippen LogP contribution in [0.1, 0.15) is 55.6 Å². The molecule has 10 heteroatoms. The third kappa shape index (κ3) is 8.74. The molecule has 2 saturated heterocycles. The van der Waals surface area contributed by atoms with Crippen LogP contribution in [0.3, 0.4) is 0 Å². The molecule has 1 aliphatic carbocycles. The summed E-state index contributed by atoms with van der Waals surface area (Å²) in [7, 11) is 0. The Morgan fingerprint density at radius 2 is 1.77 bits per heavy atom. The number of rotatable bonds is 14. The van der Waals surface area contributed by atoms with Gasteiger partial charge in [0.25, 0.3) is 5.69 Å². The molecule has 2 heterocycles. The Morgan fingerprint density at radius 1 is 1.05 bits per heavy atom. The Balaban J connectivity index is 1.05. The highest BCUT2D eigenvalue weighted by molar-refractivity contribution is 5.81. The Hall–Kier alpha value is -3.60. The maximum Gasteiger partial charge on any atom is 0.330 e. The predicted molar refractivity (Wildman–Crippen MR) is 167 cm³/mol. The van der Waals surface area contributed by atoms with Crippen molar-refractivity contribution in [3.8, 4) is 0 Å². The summed E-state index contributed by atoms with van der Waals surface area (Å²) in [6, 6.07) is 16.5. The van der Waals surface area contributed by atoms with Crippen molar-refractivity contribution in [2.24, 2.45) is 11.8 Å². The van der Waals surface area contributed by atoms with Gasteiger partial charge in [-0.2, -0.15) is 0 Å². The molecule has 3 aliphatic rings.